The first-order valence-electron chi connectivity index (χ1n) is 5.53. The molecule has 5 heteroatoms. The Kier molecular flexibility index (Phi) is 3.93. The standard InChI is InChI=1S/C11H19N3O2/c1-5-13-6-7-14(10(15)9(13)4)11(16)12-8(2)3/h8H,4-7H2,1-3H3,(H,12,16). The van der Waals surface area contributed by atoms with Crippen molar-refractivity contribution in [2.75, 3.05) is 19.6 Å². The van der Waals surface area contributed by atoms with Gasteiger partial charge in [0.1, 0.15) is 0 Å². The number of amides is 3. The lowest BCUT2D eigenvalue weighted by atomic mass is 10.2. The van der Waals surface area contributed by atoms with Crippen LogP contribution in [0.5, 0.6) is 0 Å². The zero-order chi connectivity index (χ0) is 12.3. The Balaban J connectivity index is 2.68. The van der Waals surface area contributed by atoms with E-state index in [1.54, 1.807) is 0 Å². The van der Waals surface area contributed by atoms with Gasteiger partial charge in [-0.25, -0.2) is 4.79 Å². The monoisotopic (exact) mass is 225 g/mol. The number of nitrogens with zero attached hydrogens (tertiary/aromatic N) is 2. The first-order chi connectivity index (χ1) is 7.47. The van der Waals surface area contributed by atoms with Crippen molar-refractivity contribution in [3.63, 3.8) is 0 Å². The highest BCUT2D eigenvalue weighted by molar-refractivity contribution is 6.03. The summed E-state index contributed by atoms with van der Waals surface area (Å²) < 4.78 is 0. The van der Waals surface area contributed by atoms with E-state index in [4.69, 9.17) is 0 Å². The molecule has 1 aliphatic heterocycles. The molecule has 0 aromatic heterocycles. The van der Waals surface area contributed by atoms with E-state index < -0.39 is 0 Å². The summed E-state index contributed by atoms with van der Waals surface area (Å²) in [4.78, 5) is 26.6. The zero-order valence-corrected chi connectivity index (χ0v) is 10.1. The smallest absolute Gasteiger partial charge is 0.324 e. The molecule has 1 N–H and O–H groups in total. The van der Waals surface area contributed by atoms with E-state index in [1.165, 1.54) is 4.90 Å². The third kappa shape index (κ3) is 2.53. The molecule has 0 radical (unpaired) electrons. The number of hydrogen-bond acceptors (Lipinski definition) is 3. The van der Waals surface area contributed by atoms with Gasteiger partial charge < -0.3 is 10.2 Å². The van der Waals surface area contributed by atoms with Gasteiger partial charge in [0.25, 0.3) is 5.91 Å². The molecule has 3 amide bonds. The Morgan fingerprint density at radius 1 is 1.50 bits per heavy atom. The van der Waals surface area contributed by atoms with Crippen molar-refractivity contribution in [1.82, 2.24) is 15.1 Å². The largest absolute Gasteiger partial charge is 0.366 e. The van der Waals surface area contributed by atoms with E-state index in [2.05, 4.69) is 11.9 Å². The summed E-state index contributed by atoms with van der Waals surface area (Å²) in [6.07, 6.45) is 0. The third-order valence-electron chi connectivity index (χ3n) is 2.51. The molecule has 0 aromatic carbocycles. The average molecular weight is 225 g/mol. The molecule has 5 nitrogen and oxygen atoms in total. The average Bonchev–Trinajstić information content (AvgIpc) is 2.20. The van der Waals surface area contributed by atoms with E-state index in [-0.39, 0.29) is 18.0 Å². The van der Waals surface area contributed by atoms with Gasteiger partial charge in [0.2, 0.25) is 0 Å². The Bertz CT molecular complexity index is 312. The zero-order valence-electron chi connectivity index (χ0n) is 10.1. The van der Waals surface area contributed by atoms with Crippen molar-refractivity contribution in [2.24, 2.45) is 0 Å². The summed E-state index contributed by atoms with van der Waals surface area (Å²) in [7, 11) is 0. The van der Waals surface area contributed by atoms with E-state index in [0.717, 1.165) is 6.54 Å². The van der Waals surface area contributed by atoms with Crippen LogP contribution in [0, 0.1) is 0 Å². The second-order valence-electron chi connectivity index (χ2n) is 4.09. The Hall–Kier alpha value is -1.52. The summed E-state index contributed by atoms with van der Waals surface area (Å²) in [5.41, 5.74) is 0.396. The molecule has 0 aromatic rings. The fourth-order valence-electron chi connectivity index (χ4n) is 1.62. The summed E-state index contributed by atoms with van der Waals surface area (Å²) in [5, 5.41) is 2.70. The van der Waals surface area contributed by atoms with Crippen molar-refractivity contribution >= 4 is 11.9 Å². The van der Waals surface area contributed by atoms with Crippen molar-refractivity contribution in [3.05, 3.63) is 12.3 Å². The molecule has 1 aliphatic rings. The number of carbonyl (C=O) groups is 2. The van der Waals surface area contributed by atoms with Gasteiger partial charge in [0.05, 0.1) is 5.70 Å². The van der Waals surface area contributed by atoms with Gasteiger partial charge in [-0.2, -0.15) is 0 Å². The second-order valence-corrected chi connectivity index (χ2v) is 4.09. The van der Waals surface area contributed by atoms with E-state index in [1.807, 2.05) is 25.7 Å². The maximum atomic E-state index is 11.8. The predicted octanol–water partition coefficient (Wildman–Crippen LogP) is 0.782. The highest BCUT2D eigenvalue weighted by Gasteiger charge is 2.30. The highest BCUT2D eigenvalue weighted by Crippen LogP contribution is 2.12. The van der Waals surface area contributed by atoms with Crippen molar-refractivity contribution < 1.29 is 9.59 Å². The summed E-state index contributed by atoms with van der Waals surface area (Å²) in [5.74, 6) is -0.300. The quantitative estimate of drug-likeness (QED) is 0.707. The molecule has 0 unspecified atom stereocenters. The molecule has 1 rings (SSSR count). The second kappa shape index (κ2) is 5.01. The van der Waals surface area contributed by atoms with Crippen LogP contribution in [-0.4, -0.2) is 47.4 Å². The first kappa shape index (κ1) is 12.5. The van der Waals surface area contributed by atoms with Gasteiger partial charge in [-0.3, -0.25) is 9.69 Å². The van der Waals surface area contributed by atoms with Crippen LogP contribution < -0.4 is 5.32 Å². The molecule has 0 spiro atoms. The predicted molar refractivity (Wildman–Crippen MR) is 61.8 cm³/mol. The minimum atomic E-state index is -0.336. The van der Waals surface area contributed by atoms with Gasteiger partial charge in [-0.15, -0.1) is 0 Å². The van der Waals surface area contributed by atoms with Crippen LogP contribution in [0.4, 0.5) is 4.79 Å². The number of rotatable bonds is 2. The van der Waals surface area contributed by atoms with Gasteiger partial charge in [0, 0.05) is 25.7 Å². The van der Waals surface area contributed by atoms with Gasteiger partial charge in [-0.1, -0.05) is 6.58 Å². The van der Waals surface area contributed by atoms with Crippen LogP contribution in [0.1, 0.15) is 20.8 Å². The lowest BCUT2D eigenvalue weighted by Gasteiger charge is -2.35. The highest BCUT2D eigenvalue weighted by atomic mass is 16.2. The Morgan fingerprint density at radius 3 is 2.62 bits per heavy atom. The van der Waals surface area contributed by atoms with Crippen LogP contribution in [0.15, 0.2) is 12.3 Å². The number of imide groups is 1. The maximum absolute atomic E-state index is 11.8. The fourth-order valence-corrected chi connectivity index (χ4v) is 1.62. The van der Waals surface area contributed by atoms with E-state index >= 15 is 0 Å². The number of piperazine rings is 1. The molecule has 0 atom stereocenters. The molecule has 0 saturated carbocycles. The normalized spacial score (nSPS) is 17.0. The molecular weight excluding hydrogens is 206 g/mol. The number of carbonyl (C=O) groups excluding carboxylic acids is 2. The number of nitrogens with one attached hydrogen (secondary N) is 1. The van der Waals surface area contributed by atoms with Gasteiger partial charge in [-0.05, 0) is 20.8 Å². The molecular formula is C11H19N3O2. The van der Waals surface area contributed by atoms with Crippen molar-refractivity contribution in [3.8, 4) is 0 Å². The molecule has 0 aliphatic carbocycles. The molecule has 16 heavy (non-hydrogen) atoms. The van der Waals surface area contributed by atoms with Crippen LogP contribution in [0.25, 0.3) is 0 Å². The molecule has 1 heterocycles. The Labute approximate surface area is 96.1 Å². The van der Waals surface area contributed by atoms with Crippen LogP contribution in [0.3, 0.4) is 0 Å². The molecule has 1 fully saturated rings. The lowest BCUT2D eigenvalue weighted by molar-refractivity contribution is -0.128. The first-order valence-corrected chi connectivity index (χ1v) is 5.53. The van der Waals surface area contributed by atoms with Gasteiger partial charge >= 0.3 is 6.03 Å². The van der Waals surface area contributed by atoms with E-state index in [9.17, 15) is 9.59 Å². The van der Waals surface area contributed by atoms with Crippen LogP contribution in [-0.2, 0) is 4.79 Å². The molecule has 90 valence electrons. The fraction of sp³-hybridized carbons (Fsp3) is 0.636. The lowest BCUT2D eigenvalue weighted by Crippen LogP contribution is -2.54. The molecule has 1 saturated heterocycles. The SMILES string of the molecule is C=C1C(=O)N(C(=O)NC(C)C)CCN1CC. The minimum absolute atomic E-state index is 0.0257. The summed E-state index contributed by atoms with van der Waals surface area (Å²) in [6.45, 7) is 11.2. The molecule has 0 bridgehead atoms. The van der Waals surface area contributed by atoms with Crippen LogP contribution in [0.2, 0.25) is 0 Å². The number of hydrogen-bond donors (Lipinski definition) is 1. The van der Waals surface area contributed by atoms with Crippen LogP contribution >= 0.6 is 0 Å². The number of urea groups is 1. The van der Waals surface area contributed by atoms with Crippen molar-refractivity contribution in [2.45, 2.75) is 26.8 Å². The van der Waals surface area contributed by atoms with Crippen molar-refractivity contribution in [1.29, 1.82) is 0 Å². The van der Waals surface area contributed by atoms with Gasteiger partial charge in [0.15, 0.2) is 0 Å². The summed E-state index contributed by atoms with van der Waals surface area (Å²) in [6, 6.07) is -0.310. The maximum Gasteiger partial charge on any atom is 0.324 e. The summed E-state index contributed by atoms with van der Waals surface area (Å²) >= 11 is 0. The third-order valence-corrected chi connectivity index (χ3v) is 2.51. The number of likely N-dealkylation sites (N-methyl/N-ethyl adjacent to an activating group) is 1. The topological polar surface area (TPSA) is 52.7 Å². The van der Waals surface area contributed by atoms with E-state index in [0.29, 0.717) is 18.8 Å². The Morgan fingerprint density at radius 2 is 2.12 bits per heavy atom. The minimum Gasteiger partial charge on any atom is -0.366 e.